The first kappa shape index (κ1) is 33.5. The summed E-state index contributed by atoms with van der Waals surface area (Å²) in [5, 5.41) is 13.3. The van der Waals surface area contributed by atoms with Crippen LogP contribution in [0.3, 0.4) is 0 Å². The molecule has 3 aromatic rings. The third-order valence-corrected chi connectivity index (χ3v) is 7.60. The number of nitrogens with zero attached hydrogens (tertiary/aromatic N) is 3. The molecule has 14 heteroatoms. The first-order valence-electron chi connectivity index (χ1n) is 14.2. The molecule has 10 nitrogen and oxygen atoms in total. The van der Waals surface area contributed by atoms with Gasteiger partial charge in [0.15, 0.2) is 11.4 Å². The Balaban J connectivity index is 1.33. The zero-order valence-corrected chi connectivity index (χ0v) is 25.4. The third-order valence-electron chi connectivity index (χ3n) is 7.29. The van der Waals surface area contributed by atoms with E-state index in [-0.39, 0.29) is 36.2 Å². The highest BCUT2D eigenvalue weighted by atomic mass is 35.5. The summed E-state index contributed by atoms with van der Waals surface area (Å²) in [6.45, 7) is 4.09. The van der Waals surface area contributed by atoms with Gasteiger partial charge in [0.1, 0.15) is 19.0 Å². The van der Waals surface area contributed by atoms with Crippen LogP contribution in [0.4, 0.5) is 18.9 Å². The van der Waals surface area contributed by atoms with Gasteiger partial charge in [0, 0.05) is 30.8 Å². The van der Waals surface area contributed by atoms with E-state index in [0.29, 0.717) is 22.8 Å². The lowest BCUT2D eigenvalue weighted by Gasteiger charge is -2.33. The molecule has 0 spiro atoms. The van der Waals surface area contributed by atoms with Crippen molar-refractivity contribution in [3.63, 3.8) is 0 Å². The molecule has 0 saturated carbocycles. The predicted molar refractivity (Wildman–Crippen MR) is 159 cm³/mol. The highest BCUT2D eigenvalue weighted by Gasteiger charge is 2.40. The topological polar surface area (TPSA) is 131 Å². The number of aryl methyl sites for hydroxylation is 1. The van der Waals surface area contributed by atoms with Gasteiger partial charge in [-0.25, -0.2) is 14.8 Å². The molecular formula is C31H32ClF3N4O6. The van der Waals surface area contributed by atoms with E-state index in [1.54, 1.807) is 38.1 Å². The summed E-state index contributed by atoms with van der Waals surface area (Å²) < 4.78 is 46.1. The minimum atomic E-state index is -5.04. The van der Waals surface area contributed by atoms with Crippen molar-refractivity contribution in [3.8, 4) is 16.9 Å². The van der Waals surface area contributed by atoms with Crippen LogP contribution in [-0.4, -0.2) is 65.3 Å². The van der Waals surface area contributed by atoms with Gasteiger partial charge in [0.25, 0.3) is 5.91 Å². The van der Waals surface area contributed by atoms with Crippen LogP contribution in [0.25, 0.3) is 11.1 Å². The molecule has 2 N–H and O–H groups in total. The van der Waals surface area contributed by atoms with Gasteiger partial charge >= 0.3 is 18.1 Å². The number of anilines is 1. The van der Waals surface area contributed by atoms with Crippen LogP contribution in [-0.2, 0) is 32.1 Å². The Labute approximate surface area is 262 Å². The normalized spacial score (nSPS) is 13.8. The molecule has 240 valence electrons. The predicted octanol–water partition coefficient (Wildman–Crippen LogP) is 5.17. The second-order valence-electron chi connectivity index (χ2n) is 10.5. The van der Waals surface area contributed by atoms with Gasteiger partial charge in [-0.2, -0.15) is 13.2 Å². The smallest absolute Gasteiger partial charge is 0.490 e. The molecule has 0 radical (unpaired) electrons. The molecular weight excluding hydrogens is 617 g/mol. The van der Waals surface area contributed by atoms with E-state index in [2.05, 4.69) is 24.9 Å². The fourth-order valence-electron chi connectivity index (χ4n) is 4.92. The summed E-state index contributed by atoms with van der Waals surface area (Å²) in [7, 11) is 0. The molecule has 0 bridgehead atoms. The number of nitrogens with one attached hydrogen (secondary N) is 1. The number of amides is 1. The van der Waals surface area contributed by atoms with E-state index in [9.17, 15) is 32.7 Å². The minimum Gasteiger partial charge on any atom is -0.504 e. The molecule has 45 heavy (non-hydrogen) atoms. The van der Waals surface area contributed by atoms with Gasteiger partial charge in [0.2, 0.25) is 0 Å². The summed E-state index contributed by atoms with van der Waals surface area (Å²) in [4.78, 5) is 45.9. The number of alkyl halides is 3. The molecule has 1 aromatic heterocycles. The van der Waals surface area contributed by atoms with Crippen molar-refractivity contribution in [1.82, 2.24) is 15.3 Å². The monoisotopic (exact) mass is 648 g/mol. The first-order valence-corrected chi connectivity index (χ1v) is 14.6. The standard InChI is InChI=1S/C31H32ClF3N4O6/c1-3-44-26(40)16-36-29(42)27-28(41)18(2)37-25(38-27)14-19-10-12-39(13-11-19)22-8-9-23(24(32)15-22)21-6-4-20(5-7-21)17-45-30(43)31(33,34)35/h4-9,15,19,41H,3,10-14,16-17H2,1-2H3,(H,36,42). The fraction of sp³-hybridized carbons (Fsp3) is 0.387. The molecule has 1 aliphatic rings. The van der Waals surface area contributed by atoms with Crippen molar-refractivity contribution >= 4 is 35.1 Å². The largest absolute Gasteiger partial charge is 0.504 e. The summed E-state index contributed by atoms with van der Waals surface area (Å²) in [6.07, 6.45) is -2.87. The van der Waals surface area contributed by atoms with E-state index in [1.807, 2.05) is 18.2 Å². The van der Waals surface area contributed by atoms with Gasteiger partial charge in [-0.1, -0.05) is 41.9 Å². The number of carbonyl (C=O) groups excluding carboxylic acids is 3. The molecule has 2 heterocycles. The second kappa shape index (κ2) is 14.6. The Morgan fingerprint density at radius 2 is 1.76 bits per heavy atom. The highest BCUT2D eigenvalue weighted by Crippen LogP contribution is 2.34. The maximum absolute atomic E-state index is 12.6. The lowest BCUT2D eigenvalue weighted by molar-refractivity contribution is -0.201. The quantitative estimate of drug-likeness (QED) is 0.286. The van der Waals surface area contributed by atoms with Crippen LogP contribution in [0.2, 0.25) is 5.02 Å². The third kappa shape index (κ3) is 8.84. The second-order valence-corrected chi connectivity index (χ2v) is 10.9. The van der Waals surface area contributed by atoms with E-state index in [1.165, 1.54) is 0 Å². The van der Waals surface area contributed by atoms with Gasteiger partial charge in [-0.05, 0) is 55.9 Å². The van der Waals surface area contributed by atoms with Crippen LogP contribution in [0.5, 0.6) is 5.75 Å². The van der Waals surface area contributed by atoms with Crippen molar-refractivity contribution < 1.29 is 42.1 Å². The van der Waals surface area contributed by atoms with E-state index in [4.69, 9.17) is 16.3 Å². The number of aromatic hydroxyl groups is 1. The Morgan fingerprint density at radius 3 is 2.38 bits per heavy atom. The number of hydrogen-bond donors (Lipinski definition) is 2. The zero-order valence-electron chi connectivity index (χ0n) is 24.6. The maximum Gasteiger partial charge on any atom is 0.490 e. The number of halogens is 4. The molecule has 0 atom stereocenters. The molecule has 1 fully saturated rings. The van der Waals surface area contributed by atoms with Crippen molar-refractivity contribution in [2.24, 2.45) is 5.92 Å². The van der Waals surface area contributed by atoms with Gasteiger partial charge in [0.05, 0.1) is 17.3 Å². The van der Waals surface area contributed by atoms with Crippen LogP contribution in [0, 0.1) is 12.8 Å². The van der Waals surface area contributed by atoms with Crippen molar-refractivity contribution in [2.75, 3.05) is 31.1 Å². The van der Waals surface area contributed by atoms with Crippen LogP contribution in [0.15, 0.2) is 42.5 Å². The minimum absolute atomic E-state index is 0.186. The molecule has 2 aromatic carbocycles. The number of aromatic nitrogens is 2. The Morgan fingerprint density at radius 1 is 1.07 bits per heavy atom. The van der Waals surface area contributed by atoms with E-state index in [0.717, 1.165) is 42.7 Å². The van der Waals surface area contributed by atoms with Gasteiger partial charge in [-0.3, -0.25) is 9.59 Å². The average molecular weight is 649 g/mol. The molecule has 1 amide bonds. The maximum atomic E-state index is 12.6. The summed E-state index contributed by atoms with van der Waals surface area (Å²) in [6, 6.07) is 12.2. The van der Waals surface area contributed by atoms with Gasteiger partial charge in [-0.15, -0.1) is 0 Å². The first-order chi connectivity index (χ1) is 21.3. The number of hydrogen-bond acceptors (Lipinski definition) is 9. The number of piperidine rings is 1. The molecule has 0 unspecified atom stereocenters. The Kier molecular flexibility index (Phi) is 10.9. The van der Waals surface area contributed by atoms with Crippen LogP contribution in [0.1, 0.15) is 47.3 Å². The zero-order chi connectivity index (χ0) is 32.7. The lowest BCUT2D eigenvalue weighted by Crippen LogP contribution is -2.34. The van der Waals surface area contributed by atoms with Gasteiger partial charge < -0.3 is 24.8 Å². The van der Waals surface area contributed by atoms with E-state index < -0.39 is 30.6 Å². The Bertz CT molecular complexity index is 1540. The summed E-state index contributed by atoms with van der Waals surface area (Å²) >= 11 is 6.62. The summed E-state index contributed by atoms with van der Waals surface area (Å²) in [5.41, 5.74) is 2.94. The SMILES string of the molecule is CCOC(=O)CNC(=O)c1nc(CC2CCN(c3ccc(-c4ccc(COC(=O)C(F)(F)F)cc4)c(Cl)c3)CC2)nc(C)c1O. The average Bonchev–Trinajstić information content (AvgIpc) is 3.00. The van der Waals surface area contributed by atoms with Crippen molar-refractivity contribution in [2.45, 2.75) is 45.9 Å². The fourth-order valence-corrected chi connectivity index (χ4v) is 5.21. The molecule has 1 aliphatic heterocycles. The Hall–Kier alpha value is -4.39. The van der Waals surface area contributed by atoms with Crippen molar-refractivity contribution in [1.29, 1.82) is 0 Å². The van der Waals surface area contributed by atoms with Crippen LogP contribution >= 0.6 is 11.6 Å². The number of ether oxygens (including phenoxy) is 2. The number of carbonyl (C=O) groups is 3. The highest BCUT2D eigenvalue weighted by molar-refractivity contribution is 6.33. The number of benzene rings is 2. The molecule has 0 aliphatic carbocycles. The van der Waals surface area contributed by atoms with E-state index >= 15 is 0 Å². The van der Waals surface area contributed by atoms with Crippen LogP contribution < -0.4 is 10.2 Å². The molecule has 4 rings (SSSR count). The number of rotatable bonds is 10. The molecule has 1 saturated heterocycles. The summed E-state index contributed by atoms with van der Waals surface area (Å²) in [5.74, 6) is -3.18. The van der Waals surface area contributed by atoms with Crippen molar-refractivity contribution in [3.05, 3.63) is 70.3 Å². The number of esters is 2. The lowest BCUT2D eigenvalue weighted by atomic mass is 9.92.